The fourth-order valence-corrected chi connectivity index (χ4v) is 3.40. The average molecular weight is 427 g/mol. The Hall–Kier alpha value is -2.77. The number of amides is 2. The Kier molecular flexibility index (Phi) is 11.3. The third-order valence-electron chi connectivity index (χ3n) is 4.83. The Balaban J connectivity index is 0.000000342. The van der Waals surface area contributed by atoms with E-state index in [2.05, 4.69) is 38.8 Å². The zero-order chi connectivity index (χ0) is 22.5. The standard InChI is InChI=1S/C16H22ClNO.C7H7NO.C2H2/c1-12(2)11-16(19)18-9-7-14(8-10-18)13-3-5-15(17)6-4-13;8-7(9)6-4-2-1-3-5-6;1-2/h3-6,12,14H,7-11H2,1-2H3;1-5H,(H2,8,9);1-2H. The van der Waals surface area contributed by atoms with Crippen LogP contribution in [0.1, 0.15) is 54.9 Å². The topological polar surface area (TPSA) is 63.4 Å². The first-order chi connectivity index (χ1) is 14.4. The lowest BCUT2D eigenvalue weighted by Crippen LogP contribution is -2.38. The van der Waals surface area contributed by atoms with E-state index in [0.717, 1.165) is 31.0 Å². The molecule has 1 heterocycles. The molecule has 0 radical (unpaired) electrons. The molecule has 2 aromatic rings. The second-order valence-corrected chi connectivity index (χ2v) is 7.97. The number of terminal acetylenes is 1. The molecule has 2 N–H and O–H groups in total. The van der Waals surface area contributed by atoms with Crippen molar-refractivity contribution < 1.29 is 9.59 Å². The van der Waals surface area contributed by atoms with Gasteiger partial charge in [-0.2, -0.15) is 0 Å². The molecule has 0 saturated carbocycles. The van der Waals surface area contributed by atoms with E-state index in [-0.39, 0.29) is 5.91 Å². The number of likely N-dealkylation sites (tertiary alicyclic amines) is 1. The maximum atomic E-state index is 12.0. The molecule has 3 rings (SSSR count). The second kappa shape index (κ2) is 13.5. The number of carbonyl (C=O) groups is 2. The smallest absolute Gasteiger partial charge is 0.248 e. The number of nitrogens with two attached hydrogens (primary N) is 1. The van der Waals surface area contributed by atoms with Gasteiger partial charge in [-0.1, -0.05) is 55.8 Å². The van der Waals surface area contributed by atoms with Crippen molar-refractivity contribution in [3.05, 3.63) is 70.7 Å². The van der Waals surface area contributed by atoms with Gasteiger partial charge in [-0.25, -0.2) is 0 Å². The summed E-state index contributed by atoms with van der Waals surface area (Å²) in [6.45, 7) is 5.97. The van der Waals surface area contributed by atoms with Gasteiger partial charge >= 0.3 is 0 Å². The molecular weight excluding hydrogens is 396 g/mol. The van der Waals surface area contributed by atoms with Crippen molar-refractivity contribution in [3.63, 3.8) is 0 Å². The summed E-state index contributed by atoms with van der Waals surface area (Å²) in [5.74, 6) is 0.946. The molecule has 0 aliphatic carbocycles. The van der Waals surface area contributed by atoms with E-state index in [1.165, 1.54) is 5.56 Å². The van der Waals surface area contributed by atoms with E-state index < -0.39 is 0 Å². The van der Waals surface area contributed by atoms with Gasteiger partial charge in [0.15, 0.2) is 0 Å². The molecule has 0 unspecified atom stereocenters. The van der Waals surface area contributed by atoms with Gasteiger partial charge in [-0.05, 0) is 54.5 Å². The molecule has 2 aromatic carbocycles. The normalized spacial score (nSPS) is 13.5. The van der Waals surface area contributed by atoms with E-state index in [1.54, 1.807) is 24.3 Å². The molecule has 2 amide bonds. The van der Waals surface area contributed by atoms with E-state index in [4.69, 9.17) is 17.3 Å². The van der Waals surface area contributed by atoms with Crippen molar-refractivity contribution in [1.82, 2.24) is 4.90 Å². The lowest BCUT2D eigenvalue weighted by Gasteiger charge is -2.32. The first kappa shape index (κ1) is 25.3. The minimum Gasteiger partial charge on any atom is -0.366 e. The molecule has 1 aliphatic heterocycles. The summed E-state index contributed by atoms with van der Waals surface area (Å²) >= 11 is 5.91. The zero-order valence-corrected chi connectivity index (χ0v) is 18.5. The molecule has 0 aromatic heterocycles. The molecule has 0 spiro atoms. The predicted molar refractivity (Wildman–Crippen MR) is 124 cm³/mol. The quantitative estimate of drug-likeness (QED) is 0.689. The second-order valence-electron chi connectivity index (χ2n) is 7.53. The molecule has 1 fully saturated rings. The number of hydrogen-bond acceptors (Lipinski definition) is 2. The van der Waals surface area contributed by atoms with Gasteiger partial charge in [0.2, 0.25) is 11.8 Å². The first-order valence-corrected chi connectivity index (χ1v) is 10.5. The molecule has 1 aliphatic rings. The van der Waals surface area contributed by atoms with Crippen LogP contribution in [0, 0.1) is 18.8 Å². The van der Waals surface area contributed by atoms with Crippen molar-refractivity contribution in [1.29, 1.82) is 0 Å². The van der Waals surface area contributed by atoms with Gasteiger partial charge < -0.3 is 10.6 Å². The highest BCUT2D eigenvalue weighted by Crippen LogP contribution is 2.29. The number of primary amides is 1. The van der Waals surface area contributed by atoms with E-state index in [0.29, 0.717) is 29.7 Å². The van der Waals surface area contributed by atoms with Gasteiger partial charge in [0.05, 0.1) is 0 Å². The highest BCUT2D eigenvalue weighted by atomic mass is 35.5. The summed E-state index contributed by atoms with van der Waals surface area (Å²) in [7, 11) is 0. The van der Waals surface area contributed by atoms with Crippen LogP contribution in [-0.4, -0.2) is 29.8 Å². The molecule has 0 atom stereocenters. The van der Waals surface area contributed by atoms with Crippen molar-refractivity contribution in [2.75, 3.05) is 13.1 Å². The Bertz CT molecular complexity index is 793. The summed E-state index contributed by atoms with van der Waals surface area (Å²) in [5, 5.41) is 0.785. The van der Waals surface area contributed by atoms with Gasteiger partial charge in [0.1, 0.15) is 0 Å². The minimum atomic E-state index is -0.379. The Morgan fingerprint density at radius 3 is 2.00 bits per heavy atom. The molecular formula is C25H31ClN2O2. The van der Waals surface area contributed by atoms with Crippen LogP contribution >= 0.6 is 11.6 Å². The largest absolute Gasteiger partial charge is 0.366 e. The maximum Gasteiger partial charge on any atom is 0.248 e. The molecule has 30 heavy (non-hydrogen) atoms. The molecule has 160 valence electrons. The lowest BCUT2D eigenvalue weighted by atomic mass is 9.89. The summed E-state index contributed by atoms with van der Waals surface area (Å²) < 4.78 is 0. The van der Waals surface area contributed by atoms with Gasteiger partial charge in [0.25, 0.3) is 0 Å². The number of halogens is 1. The Labute approximate surface area is 185 Å². The number of benzene rings is 2. The minimum absolute atomic E-state index is 0.310. The number of hydrogen-bond donors (Lipinski definition) is 1. The van der Waals surface area contributed by atoms with Crippen LogP contribution in [0.2, 0.25) is 5.02 Å². The first-order valence-electron chi connectivity index (χ1n) is 10.1. The van der Waals surface area contributed by atoms with Gasteiger partial charge in [-0.15, -0.1) is 12.8 Å². The van der Waals surface area contributed by atoms with Crippen LogP contribution in [0.3, 0.4) is 0 Å². The summed E-state index contributed by atoms with van der Waals surface area (Å²) in [6, 6.07) is 16.9. The third kappa shape index (κ3) is 8.71. The Morgan fingerprint density at radius 1 is 1.03 bits per heavy atom. The van der Waals surface area contributed by atoms with Gasteiger partial charge in [0, 0.05) is 30.1 Å². The zero-order valence-electron chi connectivity index (χ0n) is 17.8. The summed E-state index contributed by atoms with van der Waals surface area (Å²) in [6.07, 6.45) is 10.8. The average Bonchev–Trinajstić information content (AvgIpc) is 2.76. The predicted octanol–water partition coefficient (Wildman–Crippen LogP) is 5.13. The monoisotopic (exact) mass is 426 g/mol. The van der Waals surface area contributed by atoms with E-state index in [9.17, 15) is 9.59 Å². The van der Waals surface area contributed by atoms with Crippen molar-refractivity contribution in [2.45, 2.75) is 39.0 Å². The van der Waals surface area contributed by atoms with Crippen LogP contribution in [0.15, 0.2) is 54.6 Å². The van der Waals surface area contributed by atoms with Crippen LogP contribution in [0.25, 0.3) is 0 Å². The number of carbonyl (C=O) groups excluding carboxylic acids is 2. The van der Waals surface area contributed by atoms with Crippen molar-refractivity contribution >= 4 is 23.4 Å². The van der Waals surface area contributed by atoms with E-state index in [1.807, 2.05) is 23.1 Å². The molecule has 5 heteroatoms. The van der Waals surface area contributed by atoms with Crippen molar-refractivity contribution in [2.24, 2.45) is 11.7 Å². The van der Waals surface area contributed by atoms with E-state index >= 15 is 0 Å². The fourth-order valence-electron chi connectivity index (χ4n) is 3.28. The molecule has 4 nitrogen and oxygen atoms in total. The number of nitrogens with zero attached hydrogens (tertiary/aromatic N) is 1. The molecule has 1 saturated heterocycles. The van der Waals surface area contributed by atoms with Crippen LogP contribution in [-0.2, 0) is 4.79 Å². The SMILES string of the molecule is C#C.CC(C)CC(=O)N1CCC(c2ccc(Cl)cc2)CC1.NC(=O)c1ccccc1. The van der Waals surface area contributed by atoms with Crippen LogP contribution in [0.4, 0.5) is 0 Å². The maximum absolute atomic E-state index is 12.0. The fraction of sp³-hybridized carbons (Fsp3) is 0.360. The van der Waals surface area contributed by atoms with Crippen LogP contribution in [0.5, 0.6) is 0 Å². The number of piperidine rings is 1. The summed E-state index contributed by atoms with van der Waals surface area (Å²) in [4.78, 5) is 24.4. The lowest BCUT2D eigenvalue weighted by molar-refractivity contribution is -0.133. The number of rotatable bonds is 4. The summed E-state index contributed by atoms with van der Waals surface area (Å²) in [5.41, 5.74) is 6.88. The third-order valence-corrected chi connectivity index (χ3v) is 5.08. The highest BCUT2D eigenvalue weighted by molar-refractivity contribution is 6.30. The Morgan fingerprint density at radius 2 is 1.57 bits per heavy atom. The van der Waals surface area contributed by atoms with Crippen molar-refractivity contribution in [3.8, 4) is 12.8 Å². The van der Waals surface area contributed by atoms with Crippen LogP contribution < -0.4 is 5.73 Å². The molecule has 0 bridgehead atoms. The van der Waals surface area contributed by atoms with Gasteiger partial charge in [-0.3, -0.25) is 9.59 Å². The highest BCUT2D eigenvalue weighted by Gasteiger charge is 2.23.